The summed E-state index contributed by atoms with van der Waals surface area (Å²) < 4.78 is 0. The molecule has 0 bridgehead atoms. The van der Waals surface area contributed by atoms with E-state index in [2.05, 4.69) is 10.5 Å². The van der Waals surface area contributed by atoms with Gasteiger partial charge in [0.1, 0.15) is 5.84 Å². The minimum atomic E-state index is -0.599. The summed E-state index contributed by atoms with van der Waals surface area (Å²) in [5.41, 5.74) is 5.61. The van der Waals surface area contributed by atoms with Crippen LogP contribution in [0.25, 0.3) is 0 Å². The second kappa shape index (κ2) is 6.47. The van der Waals surface area contributed by atoms with Crippen molar-refractivity contribution in [2.75, 3.05) is 12.8 Å². The van der Waals surface area contributed by atoms with Crippen LogP contribution in [-0.4, -0.2) is 29.8 Å². The monoisotopic (exact) mass is 281 g/mol. The minimum Gasteiger partial charge on any atom is -0.409 e. The molecule has 0 aliphatic rings. The van der Waals surface area contributed by atoms with E-state index in [0.717, 1.165) is 4.90 Å². The summed E-state index contributed by atoms with van der Waals surface area (Å²) in [6, 6.07) is 7.39. The van der Waals surface area contributed by atoms with Gasteiger partial charge in [-0.1, -0.05) is 31.1 Å². The number of amides is 1. The Labute approximate surface area is 117 Å². The van der Waals surface area contributed by atoms with Crippen molar-refractivity contribution >= 4 is 23.5 Å². The van der Waals surface area contributed by atoms with E-state index in [4.69, 9.17) is 10.9 Å². The van der Waals surface area contributed by atoms with Crippen LogP contribution in [0.5, 0.6) is 0 Å². The molecule has 0 atom stereocenters. The lowest BCUT2D eigenvalue weighted by Crippen LogP contribution is -2.42. The number of amidine groups is 1. The molecule has 5 nitrogen and oxygen atoms in total. The molecule has 0 saturated heterocycles. The lowest BCUT2D eigenvalue weighted by atomic mass is 9.92. The molecule has 19 heavy (non-hydrogen) atoms. The second-order valence-corrected chi connectivity index (χ2v) is 5.60. The molecule has 0 fully saturated rings. The Hall–Kier alpha value is -1.69. The Morgan fingerprint density at radius 3 is 2.68 bits per heavy atom. The molecule has 6 heteroatoms. The van der Waals surface area contributed by atoms with E-state index in [0.29, 0.717) is 12.1 Å². The quantitative estimate of drug-likeness (QED) is 0.253. The number of benzene rings is 1. The van der Waals surface area contributed by atoms with Crippen LogP contribution < -0.4 is 11.1 Å². The van der Waals surface area contributed by atoms with Gasteiger partial charge in [0, 0.05) is 16.9 Å². The van der Waals surface area contributed by atoms with Gasteiger partial charge < -0.3 is 16.3 Å². The van der Waals surface area contributed by atoms with Gasteiger partial charge >= 0.3 is 0 Å². The second-order valence-electron chi connectivity index (χ2n) is 4.75. The molecule has 1 amide bonds. The van der Waals surface area contributed by atoms with Gasteiger partial charge in [0.25, 0.3) is 5.91 Å². The first-order valence-corrected chi connectivity index (χ1v) is 7.04. The number of rotatable bonds is 5. The number of hydrogen-bond donors (Lipinski definition) is 3. The van der Waals surface area contributed by atoms with E-state index in [1.165, 1.54) is 11.8 Å². The zero-order chi connectivity index (χ0) is 14.5. The molecule has 4 N–H and O–H groups in total. The molecule has 1 rings (SSSR count). The Morgan fingerprint density at radius 1 is 1.47 bits per heavy atom. The third kappa shape index (κ3) is 3.89. The molecule has 104 valence electrons. The van der Waals surface area contributed by atoms with Gasteiger partial charge in [0.2, 0.25) is 0 Å². The van der Waals surface area contributed by atoms with Gasteiger partial charge in [-0.25, -0.2) is 0 Å². The number of thioether (sulfide) groups is 1. The first-order valence-electron chi connectivity index (χ1n) is 5.81. The predicted molar refractivity (Wildman–Crippen MR) is 77.7 cm³/mol. The van der Waals surface area contributed by atoms with Crippen molar-refractivity contribution < 1.29 is 10.0 Å². The molecule has 1 aromatic rings. The van der Waals surface area contributed by atoms with Crippen molar-refractivity contribution in [2.45, 2.75) is 18.7 Å². The highest BCUT2D eigenvalue weighted by Crippen LogP contribution is 2.20. The summed E-state index contributed by atoms with van der Waals surface area (Å²) in [6.07, 6.45) is 1.92. The van der Waals surface area contributed by atoms with E-state index in [1.54, 1.807) is 19.9 Å². The summed E-state index contributed by atoms with van der Waals surface area (Å²) in [5.74, 6) is -0.0743. The first kappa shape index (κ1) is 15.4. The van der Waals surface area contributed by atoms with Crippen LogP contribution in [0.4, 0.5) is 0 Å². The third-order valence-corrected chi connectivity index (χ3v) is 3.64. The Bertz CT molecular complexity index is 487. The number of nitrogens with one attached hydrogen (secondary N) is 1. The normalized spacial score (nSPS) is 12.3. The summed E-state index contributed by atoms with van der Waals surface area (Å²) in [6.45, 7) is 3.88. The van der Waals surface area contributed by atoms with Crippen LogP contribution in [-0.2, 0) is 0 Å². The van der Waals surface area contributed by atoms with Crippen molar-refractivity contribution in [3.63, 3.8) is 0 Å². The predicted octanol–water partition coefficient (Wildman–Crippen LogP) is 1.91. The summed E-state index contributed by atoms with van der Waals surface area (Å²) in [4.78, 5) is 13.0. The van der Waals surface area contributed by atoms with Gasteiger partial charge in [-0.3, -0.25) is 4.79 Å². The highest BCUT2D eigenvalue weighted by molar-refractivity contribution is 7.98. The van der Waals surface area contributed by atoms with E-state index in [1.807, 2.05) is 24.5 Å². The van der Waals surface area contributed by atoms with Crippen molar-refractivity contribution in [2.24, 2.45) is 16.3 Å². The summed E-state index contributed by atoms with van der Waals surface area (Å²) in [5, 5.41) is 14.5. The average molecular weight is 281 g/mol. The molecule has 0 spiro atoms. The number of carbonyl (C=O) groups excluding carboxylic acids is 1. The molecule has 1 aromatic carbocycles. The van der Waals surface area contributed by atoms with E-state index in [9.17, 15) is 4.79 Å². The molecule has 0 aliphatic carbocycles. The van der Waals surface area contributed by atoms with Gasteiger partial charge in [-0.2, -0.15) is 0 Å². The Morgan fingerprint density at radius 2 is 2.11 bits per heavy atom. The Balaban J connectivity index is 2.76. The fourth-order valence-electron chi connectivity index (χ4n) is 1.45. The molecular formula is C13H19N3O2S. The van der Waals surface area contributed by atoms with Crippen LogP contribution in [0.1, 0.15) is 24.2 Å². The van der Waals surface area contributed by atoms with Crippen LogP contribution in [0, 0.1) is 5.41 Å². The van der Waals surface area contributed by atoms with E-state index in [-0.39, 0.29) is 11.7 Å². The average Bonchev–Trinajstić information content (AvgIpc) is 2.43. The van der Waals surface area contributed by atoms with Gasteiger partial charge in [0.05, 0.1) is 5.56 Å². The lowest BCUT2D eigenvalue weighted by molar-refractivity contribution is 0.0941. The molecule has 0 aliphatic heterocycles. The van der Waals surface area contributed by atoms with Crippen molar-refractivity contribution in [1.29, 1.82) is 0 Å². The molecule has 0 radical (unpaired) electrons. The van der Waals surface area contributed by atoms with E-state index >= 15 is 0 Å². The smallest absolute Gasteiger partial charge is 0.252 e. The standard InChI is InChI=1S/C13H19N3O2S/c1-13(2,12(14)16-18)8-15-11(17)9-6-4-5-7-10(9)19-3/h4-7,18H,8H2,1-3H3,(H2,14,16)(H,15,17). The maximum atomic E-state index is 12.1. The maximum Gasteiger partial charge on any atom is 0.252 e. The fraction of sp³-hybridized carbons (Fsp3) is 0.385. The van der Waals surface area contributed by atoms with Crippen molar-refractivity contribution in [3.05, 3.63) is 29.8 Å². The Kier molecular flexibility index (Phi) is 5.23. The first-order chi connectivity index (χ1) is 8.92. The third-order valence-electron chi connectivity index (χ3n) is 2.84. The van der Waals surface area contributed by atoms with Crippen LogP contribution in [0.2, 0.25) is 0 Å². The van der Waals surface area contributed by atoms with Gasteiger partial charge in [0.15, 0.2) is 0 Å². The number of hydrogen-bond acceptors (Lipinski definition) is 4. The largest absolute Gasteiger partial charge is 0.409 e. The SMILES string of the molecule is CSc1ccccc1C(=O)NCC(C)(C)/C(N)=N/O. The van der Waals surface area contributed by atoms with Gasteiger partial charge in [-0.05, 0) is 18.4 Å². The number of nitrogens with two attached hydrogens (primary N) is 1. The summed E-state index contributed by atoms with van der Waals surface area (Å²) in [7, 11) is 0. The van der Waals surface area contributed by atoms with Crippen molar-refractivity contribution in [1.82, 2.24) is 5.32 Å². The molecule has 0 unspecified atom stereocenters. The minimum absolute atomic E-state index is 0.0888. The fourth-order valence-corrected chi connectivity index (χ4v) is 2.05. The zero-order valence-corrected chi connectivity index (χ0v) is 12.1. The van der Waals surface area contributed by atoms with Crippen LogP contribution in [0.15, 0.2) is 34.3 Å². The zero-order valence-electron chi connectivity index (χ0n) is 11.3. The topological polar surface area (TPSA) is 87.7 Å². The number of carbonyl (C=O) groups is 1. The van der Waals surface area contributed by atoms with Gasteiger partial charge in [-0.15, -0.1) is 11.8 Å². The molecule has 0 aromatic heterocycles. The summed E-state index contributed by atoms with van der Waals surface area (Å²) >= 11 is 1.52. The van der Waals surface area contributed by atoms with Crippen LogP contribution >= 0.6 is 11.8 Å². The number of oxime groups is 1. The molecular weight excluding hydrogens is 262 g/mol. The molecule has 0 heterocycles. The lowest BCUT2D eigenvalue weighted by Gasteiger charge is -2.23. The highest BCUT2D eigenvalue weighted by Gasteiger charge is 2.24. The van der Waals surface area contributed by atoms with Crippen LogP contribution in [0.3, 0.4) is 0 Å². The maximum absolute atomic E-state index is 12.1. The van der Waals surface area contributed by atoms with Crippen molar-refractivity contribution in [3.8, 4) is 0 Å². The highest BCUT2D eigenvalue weighted by atomic mass is 32.2. The van der Waals surface area contributed by atoms with E-state index < -0.39 is 5.41 Å². The molecule has 0 saturated carbocycles. The number of nitrogens with zero attached hydrogens (tertiary/aromatic N) is 1.